The van der Waals surface area contributed by atoms with Crippen LogP contribution in [-0.2, 0) is 9.53 Å². The largest absolute Gasteiger partial charge is 0.464 e. The summed E-state index contributed by atoms with van der Waals surface area (Å²) in [5.41, 5.74) is 2.67. The maximum absolute atomic E-state index is 12.0. The van der Waals surface area contributed by atoms with E-state index in [0.717, 1.165) is 11.3 Å². The summed E-state index contributed by atoms with van der Waals surface area (Å²) in [5, 5.41) is 3.35. The average molecular weight is 263 g/mol. The van der Waals surface area contributed by atoms with Gasteiger partial charge in [0.1, 0.15) is 5.54 Å². The van der Waals surface area contributed by atoms with E-state index in [-0.39, 0.29) is 5.97 Å². The number of benzene rings is 1. The molecule has 1 rings (SSSR count). The predicted octanol–water partition coefficient (Wildman–Crippen LogP) is 3.87. The Bertz CT molecular complexity index is 450. The Labute approximate surface area is 116 Å². The second-order valence-electron chi connectivity index (χ2n) is 5.66. The summed E-state index contributed by atoms with van der Waals surface area (Å²) in [6.07, 6.45) is 0. The third-order valence-corrected chi connectivity index (χ3v) is 3.15. The molecule has 0 aliphatic heterocycles. The van der Waals surface area contributed by atoms with Crippen LogP contribution in [0, 0.1) is 6.92 Å². The maximum atomic E-state index is 12.0. The van der Waals surface area contributed by atoms with Crippen LogP contribution >= 0.6 is 0 Å². The molecule has 0 unspecified atom stereocenters. The Balaban J connectivity index is 3.08. The molecule has 0 bridgehead atoms. The first-order chi connectivity index (χ1) is 8.79. The number of esters is 1. The minimum absolute atomic E-state index is 0.229. The fraction of sp³-hybridized carbons (Fsp3) is 0.562. The molecule has 0 spiro atoms. The lowest BCUT2D eigenvalue weighted by molar-refractivity contribution is -0.147. The Kier molecular flexibility index (Phi) is 4.98. The molecule has 0 fully saturated rings. The van der Waals surface area contributed by atoms with Gasteiger partial charge >= 0.3 is 5.97 Å². The number of carbonyl (C=O) groups is 1. The van der Waals surface area contributed by atoms with Crippen LogP contribution in [0.2, 0.25) is 0 Å². The topological polar surface area (TPSA) is 38.3 Å². The molecule has 0 atom stereocenters. The van der Waals surface area contributed by atoms with E-state index in [1.807, 2.05) is 26.8 Å². The van der Waals surface area contributed by atoms with Crippen LogP contribution in [0.15, 0.2) is 18.2 Å². The van der Waals surface area contributed by atoms with E-state index in [1.165, 1.54) is 5.56 Å². The van der Waals surface area contributed by atoms with Gasteiger partial charge in [0.2, 0.25) is 0 Å². The third-order valence-electron chi connectivity index (χ3n) is 3.15. The summed E-state index contributed by atoms with van der Waals surface area (Å²) < 4.78 is 5.12. The molecule has 3 heteroatoms. The number of carbonyl (C=O) groups excluding carboxylic acids is 1. The van der Waals surface area contributed by atoms with E-state index in [0.29, 0.717) is 12.5 Å². The van der Waals surface area contributed by atoms with Crippen molar-refractivity contribution >= 4 is 11.7 Å². The summed E-state index contributed by atoms with van der Waals surface area (Å²) in [6.45, 7) is 12.3. The van der Waals surface area contributed by atoms with E-state index >= 15 is 0 Å². The standard InChI is InChI=1S/C16H25NO2/c1-7-19-15(18)16(5,6)17-14-12(4)9-8-10-13(14)11(2)3/h8-11,17H,7H2,1-6H3. The smallest absolute Gasteiger partial charge is 0.331 e. The van der Waals surface area contributed by atoms with Crippen molar-refractivity contribution in [2.45, 2.75) is 53.0 Å². The molecule has 0 radical (unpaired) electrons. The molecule has 0 saturated heterocycles. The van der Waals surface area contributed by atoms with Crippen LogP contribution in [0.5, 0.6) is 0 Å². The molecule has 3 nitrogen and oxygen atoms in total. The number of anilines is 1. The minimum Gasteiger partial charge on any atom is -0.464 e. The Morgan fingerprint density at radius 3 is 2.53 bits per heavy atom. The van der Waals surface area contributed by atoms with Crippen molar-refractivity contribution in [2.24, 2.45) is 0 Å². The normalized spacial score (nSPS) is 11.5. The fourth-order valence-electron chi connectivity index (χ4n) is 2.02. The van der Waals surface area contributed by atoms with Gasteiger partial charge in [-0.2, -0.15) is 0 Å². The summed E-state index contributed by atoms with van der Waals surface area (Å²) in [6, 6.07) is 6.20. The van der Waals surface area contributed by atoms with Crippen molar-refractivity contribution in [3.8, 4) is 0 Å². The fourth-order valence-corrected chi connectivity index (χ4v) is 2.02. The van der Waals surface area contributed by atoms with Gasteiger partial charge in [0.25, 0.3) is 0 Å². The number of nitrogens with one attached hydrogen (secondary N) is 1. The van der Waals surface area contributed by atoms with Gasteiger partial charge < -0.3 is 10.1 Å². The molecule has 106 valence electrons. The number of aryl methyl sites for hydroxylation is 1. The molecular weight excluding hydrogens is 238 g/mol. The second kappa shape index (κ2) is 6.09. The second-order valence-corrected chi connectivity index (χ2v) is 5.66. The zero-order chi connectivity index (χ0) is 14.6. The highest BCUT2D eigenvalue weighted by molar-refractivity contribution is 5.84. The molecule has 0 heterocycles. The van der Waals surface area contributed by atoms with Crippen molar-refractivity contribution in [1.29, 1.82) is 0 Å². The zero-order valence-electron chi connectivity index (χ0n) is 12.8. The molecule has 0 aromatic heterocycles. The zero-order valence-corrected chi connectivity index (χ0v) is 12.8. The van der Waals surface area contributed by atoms with E-state index in [9.17, 15) is 4.79 Å². The first kappa shape index (κ1) is 15.5. The summed E-state index contributed by atoms with van der Waals surface area (Å²) in [4.78, 5) is 12.0. The van der Waals surface area contributed by atoms with Crippen molar-refractivity contribution in [3.05, 3.63) is 29.3 Å². The van der Waals surface area contributed by atoms with Gasteiger partial charge in [-0.25, -0.2) is 4.79 Å². The number of ether oxygens (including phenoxy) is 1. The van der Waals surface area contributed by atoms with Crippen LogP contribution in [0.25, 0.3) is 0 Å². The molecule has 1 aromatic carbocycles. The Hall–Kier alpha value is -1.51. The van der Waals surface area contributed by atoms with E-state index in [4.69, 9.17) is 4.74 Å². The van der Waals surface area contributed by atoms with Gasteiger partial charge in [0.15, 0.2) is 0 Å². The predicted molar refractivity (Wildman–Crippen MR) is 79.6 cm³/mol. The third kappa shape index (κ3) is 3.72. The molecule has 0 aliphatic rings. The van der Waals surface area contributed by atoms with E-state index in [2.05, 4.69) is 38.2 Å². The first-order valence-corrected chi connectivity index (χ1v) is 6.84. The van der Waals surface area contributed by atoms with Gasteiger partial charge in [-0.15, -0.1) is 0 Å². The molecule has 0 saturated carbocycles. The summed E-state index contributed by atoms with van der Waals surface area (Å²) in [7, 11) is 0. The highest BCUT2D eigenvalue weighted by Gasteiger charge is 2.30. The SMILES string of the molecule is CCOC(=O)C(C)(C)Nc1c(C)cccc1C(C)C. The highest BCUT2D eigenvalue weighted by atomic mass is 16.5. The highest BCUT2D eigenvalue weighted by Crippen LogP contribution is 2.30. The maximum Gasteiger partial charge on any atom is 0.331 e. The molecule has 1 aromatic rings. The van der Waals surface area contributed by atoms with Crippen LogP contribution in [0.3, 0.4) is 0 Å². The molecule has 0 aliphatic carbocycles. The van der Waals surface area contributed by atoms with Crippen LogP contribution in [0.1, 0.15) is 51.7 Å². The molecule has 19 heavy (non-hydrogen) atoms. The van der Waals surface area contributed by atoms with Crippen molar-refractivity contribution in [1.82, 2.24) is 0 Å². The van der Waals surface area contributed by atoms with Crippen LogP contribution < -0.4 is 5.32 Å². The molecule has 1 N–H and O–H groups in total. The van der Waals surface area contributed by atoms with Crippen LogP contribution in [0.4, 0.5) is 5.69 Å². The van der Waals surface area contributed by atoms with Gasteiger partial charge in [0, 0.05) is 5.69 Å². The van der Waals surface area contributed by atoms with Crippen molar-refractivity contribution in [3.63, 3.8) is 0 Å². The Morgan fingerprint density at radius 2 is 2.00 bits per heavy atom. The van der Waals surface area contributed by atoms with E-state index < -0.39 is 5.54 Å². The lowest BCUT2D eigenvalue weighted by Gasteiger charge is -2.28. The summed E-state index contributed by atoms with van der Waals surface area (Å²) in [5.74, 6) is 0.174. The first-order valence-electron chi connectivity index (χ1n) is 6.84. The van der Waals surface area contributed by atoms with Gasteiger partial charge in [-0.3, -0.25) is 0 Å². The Morgan fingerprint density at radius 1 is 1.37 bits per heavy atom. The monoisotopic (exact) mass is 263 g/mol. The number of hydrogen-bond acceptors (Lipinski definition) is 3. The van der Waals surface area contributed by atoms with Crippen molar-refractivity contribution in [2.75, 3.05) is 11.9 Å². The van der Waals surface area contributed by atoms with E-state index in [1.54, 1.807) is 0 Å². The quantitative estimate of drug-likeness (QED) is 0.819. The number of rotatable bonds is 5. The number of hydrogen-bond donors (Lipinski definition) is 1. The van der Waals surface area contributed by atoms with Gasteiger partial charge in [0.05, 0.1) is 6.61 Å². The van der Waals surface area contributed by atoms with Gasteiger partial charge in [-0.05, 0) is 44.7 Å². The van der Waals surface area contributed by atoms with Crippen LogP contribution in [-0.4, -0.2) is 18.1 Å². The lowest BCUT2D eigenvalue weighted by Crippen LogP contribution is -2.42. The van der Waals surface area contributed by atoms with Gasteiger partial charge in [-0.1, -0.05) is 32.0 Å². The summed E-state index contributed by atoms with van der Waals surface area (Å²) >= 11 is 0. The molecular formula is C16H25NO2. The minimum atomic E-state index is -0.730. The number of para-hydroxylation sites is 1. The lowest BCUT2D eigenvalue weighted by atomic mass is 9.95. The molecule has 0 amide bonds. The average Bonchev–Trinajstić information content (AvgIpc) is 2.31. The van der Waals surface area contributed by atoms with Crippen molar-refractivity contribution < 1.29 is 9.53 Å².